The van der Waals surface area contributed by atoms with Crippen LogP contribution >= 0.6 is 0 Å². The lowest BCUT2D eigenvalue weighted by Gasteiger charge is -2.02. The van der Waals surface area contributed by atoms with E-state index in [1.807, 2.05) is 7.05 Å². The maximum absolute atomic E-state index is 3.69. The Bertz CT molecular complexity index is 23.1. The van der Waals surface area contributed by atoms with Crippen molar-refractivity contribution in [3.63, 3.8) is 0 Å². The van der Waals surface area contributed by atoms with Gasteiger partial charge in [0.05, 0.1) is 0 Å². The van der Waals surface area contributed by atoms with E-state index in [1.165, 1.54) is 0 Å². The quantitative estimate of drug-likeness (QED) is 0.524. The Morgan fingerprint density at radius 2 is 2.33 bits per heavy atom. The van der Waals surface area contributed by atoms with Crippen molar-refractivity contribution in [2.45, 2.75) is 19.4 Å². The van der Waals surface area contributed by atoms with Crippen LogP contribution in [-0.4, -0.2) is 13.1 Å². The molecule has 1 atom stereocenters. The molecule has 1 unspecified atom stereocenters. The van der Waals surface area contributed by atoms with E-state index < -0.39 is 0 Å². The lowest BCUT2D eigenvalue weighted by Crippen LogP contribution is -2.19. The highest BCUT2D eigenvalue weighted by Gasteiger charge is 1.86. The summed E-state index contributed by atoms with van der Waals surface area (Å²) in [6.45, 7) is 5.80. The second-order valence-corrected chi connectivity index (χ2v) is 1.48. The minimum Gasteiger partial charge on any atom is -0.317 e. The Balaban J connectivity index is 2.75. The standard InChI is InChI=1S/C5H12N/c1-4-5(2)6-3/h5-6H,1,4H2,2-3H3. The van der Waals surface area contributed by atoms with Crippen LogP contribution in [-0.2, 0) is 0 Å². The molecule has 0 amide bonds. The van der Waals surface area contributed by atoms with E-state index in [1.54, 1.807) is 0 Å². The zero-order valence-corrected chi connectivity index (χ0v) is 4.49. The molecule has 0 aliphatic carbocycles. The topological polar surface area (TPSA) is 12.0 Å². The molecule has 1 N–H and O–H groups in total. The van der Waals surface area contributed by atoms with Crippen molar-refractivity contribution >= 4 is 0 Å². The molecule has 0 aromatic carbocycles. The van der Waals surface area contributed by atoms with Crippen molar-refractivity contribution in [2.24, 2.45) is 0 Å². The third-order valence-corrected chi connectivity index (χ3v) is 0.926. The Labute approximate surface area is 39.7 Å². The maximum Gasteiger partial charge on any atom is 0.00357 e. The van der Waals surface area contributed by atoms with Gasteiger partial charge in [0.15, 0.2) is 0 Å². The third-order valence-electron chi connectivity index (χ3n) is 0.926. The van der Waals surface area contributed by atoms with Crippen molar-refractivity contribution in [1.82, 2.24) is 5.32 Å². The van der Waals surface area contributed by atoms with Gasteiger partial charge in [-0.3, -0.25) is 0 Å². The fourth-order valence-electron chi connectivity index (χ4n) is 0.144. The highest BCUT2D eigenvalue weighted by Crippen LogP contribution is 1.81. The summed E-state index contributed by atoms with van der Waals surface area (Å²) in [7, 11) is 1.94. The van der Waals surface area contributed by atoms with Gasteiger partial charge in [0.2, 0.25) is 0 Å². The highest BCUT2D eigenvalue weighted by atomic mass is 14.8. The van der Waals surface area contributed by atoms with Crippen LogP contribution in [0, 0.1) is 6.92 Å². The molecule has 0 aliphatic rings. The smallest absolute Gasteiger partial charge is 0.00357 e. The van der Waals surface area contributed by atoms with Crippen LogP contribution < -0.4 is 5.32 Å². The van der Waals surface area contributed by atoms with E-state index >= 15 is 0 Å². The molecule has 0 aromatic heterocycles. The molecule has 6 heavy (non-hydrogen) atoms. The number of hydrogen-bond acceptors (Lipinski definition) is 1. The summed E-state index contributed by atoms with van der Waals surface area (Å²) >= 11 is 0. The van der Waals surface area contributed by atoms with Crippen LogP contribution in [0.2, 0.25) is 0 Å². The van der Waals surface area contributed by atoms with Gasteiger partial charge < -0.3 is 5.32 Å². The van der Waals surface area contributed by atoms with Crippen LogP contribution in [0.3, 0.4) is 0 Å². The SMILES string of the molecule is [CH2]CC(C)NC. The molecular weight excluding hydrogens is 74.1 g/mol. The zero-order chi connectivity index (χ0) is 4.99. The highest BCUT2D eigenvalue weighted by molar-refractivity contribution is 4.55. The fourth-order valence-corrected chi connectivity index (χ4v) is 0.144. The lowest BCUT2D eigenvalue weighted by molar-refractivity contribution is 0.618. The molecule has 0 saturated heterocycles. The first kappa shape index (κ1) is 5.96. The number of hydrogen-bond donors (Lipinski definition) is 1. The molecule has 0 fully saturated rings. The molecule has 0 aromatic rings. The summed E-state index contributed by atoms with van der Waals surface area (Å²) in [6, 6.07) is 0.574. The molecule has 37 valence electrons. The molecule has 0 aliphatic heterocycles. The Kier molecular flexibility index (Phi) is 3.14. The minimum atomic E-state index is 0.574. The lowest BCUT2D eigenvalue weighted by atomic mass is 10.3. The molecule has 0 bridgehead atoms. The second kappa shape index (κ2) is 3.16. The van der Waals surface area contributed by atoms with E-state index in [0.717, 1.165) is 6.42 Å². The largest absolute Gasteiger partial charge is 0.317 e. The summed E-state index contributed by atoms with van der Waals surface area (Å²) in [5.74, 6) is 0. The Morgan fingerprint density at radius 1 is 1.83 bits per heavy atom. The van der Waals surface area contributed by atoms with Gasteiger partial charge in [-0.25, -0.2) is 0 Å². The average Bonchev–Trinajstić information content (AvgIpc) is 1.65. The van der Waals surface area contributed by atoms with Gasteiger partial charge >= 0.3 is 0 Å². The molecule has 0 saturated carbocycles. The van der Waals surface area contributed by atoms with Crippen LogP contribution in [0.15, 0.2) is 0 Å². The van der Waals surface area contributed by atoms with Gasteiger partial charge in [0.1, 0.15) is 0 Å². The number of rotatable bonds is 2. The van der Waals surface area contributed by atoms with Gasteiger partial charge in [0.25, 0.3) is 0 Å². The van der Waals surface area contributed by atoms with Crippen LogP contribution in [0.4, 0.5) is 0 Å². The number of nitrogens with one attached hydrogen (secondary N) is 1. The van der Waals surface area contributed by atoms with Crippen LogP contribution in [0.1, 0.15) is 13.3 Å². The van der Waals surface area contributed by atoms with E-state index in [4.69, 9.17) is 0 Å². The summed E-state index contributed by atoms with van der Waals surface area (Å²) in [4.78, 5) is 0. The van der Waals surface area contributed by atoms with Gasteiger partial charge in [-0.2, -0.15) is 0 Å². The monoisotopic (exact) mass is 86.1 g/mol. The summed E-state index contributed by atoms with van der Waals surface area (Å²) in [5.41, 5.74) is 0. The molecule has 0 heterocycles. The Morgan fingerprint density at radius 3 is 2.33 bits per heavy atom. The van der Waals surface area contributed by atoms with Crippen molar-refractivity contribution < 1.29 is 0 Å². The summed E-state index contributed by atoms with van der Waals surface area (Å²) in [5, 5.41) is 3.05. The third kappa shape index (κ3) is 2.21. The predicted molar refractivity (Wildman–Crippen MR) is 28.5 cm³/mol. The average molecular weight is 86.2 g/mol. The van der Waals surface area contributed by atoms with Gasteiger partial charge in [0, 0.05) is 6.04 Å². The first-order valence-corrected chi connectivity index (χ1v) is 2.27. The second-order valence-electron chi connectivity index (χ2n) is 1.48. The van der Waals surface area contributed by atoms with Crippen molar-refractivity contribution in [3.8, 4) is 0 Å². The zero-order valence-electron chi connectivity index (χ0n) is 4.49. The molecule has 1 radical (unpaired) electrons. The summed E-state index contributed by atoms with van der Waals surface area (Å²) in [6.07, 6.45) is 0.969. The predicted octanol–water partition coefficient (Wildman–Crippen LogP) is 0.818. The van der Waals surface area contributed by atoms with Crippen molar-refractivity contribution in [3.05, 3.63) is 6.92 Å². The van der Waals surface area contributed by atoms with Crippen LogP contribution in [0.5, 0.6) is 0 Å². The molecular formula is C5H12N. The van der Waals surface area contributed by atoms with Gasteiger partial charge in [-0.1, -0.05) is 6.92 Å². The fraction of sp³-hybridized carbons (Fsp3) is 0.800. The van der Waals surface area contributed by atoms with E-state index in [0.29, 0.717) is 6.04 Å². The maximum atomic E-state index is 3.69. The van der Waals surface area contributed by atoms with Gasteiger partial charge in [-0.15, -0.1) is 0 Å². The molecule has 0 rings (SSSR count). The summed E-state index contributed by atoms with van der Waals surface area (Å²) < 4.78 is 0. The first-order valence-electron chi connectivity index (χ1n) is 2.27. The molecule has 0 spiro atoms. The van der Waals surface area contributed by atoms with E-state index in [9.17, 15) is 0 Å². The van der Waals surface area contributed by atoms with E-state index in [-0.39, 0.29) is 0 Å². The van der Waals surface area contributed by atoms with Crippen molar-refractivity contribution in [1.29, 1.82) is 0 Å². The van der Waals surface area contributed by atoms with Crippen LogP contribution in [0.25, 0.3) is 0 Å². The van der Waals surface area contributed by atoms with Gasteiger partial charge in [-0.05, 0) is 20.4 Å². The van der Waals surface area contributed by atoms with Crippen molar-refractivity contribution in [2.75, 3.05) is 7.05 Å². The normalized spacial score (nSPS) is 14.5. The first-order chi connectivity index (χ1) is 2.81. The Hall–Kier alpha value is -0.0400. The molecule has 1 heteroatoms. The van der Waals surface area contributed by atoms with E-state index in [2.05, 4.69) is 19.2 Å². The minimum absolute atomic E-state index is 0.574. The molecule has 1 nitrogen and oxygen atoms in total.